The van der Waals surface area contributed by atoms with Crippen molar-refractivity contribution in [1.29, 1.82) is 0 Å². The lowest BCUT2D eigenvalue weighted by Gasteiger charge is -2.25. The van der Waals surface area contributed by atoms with Crippen LogP contribution in [0.3, 0.4) is 0 Å². The first-order chi connectivity index (χ1) is 15.2. The number of nitrogens with one attached hydrogen (secondary N) is 1. The number of rotatable bonds is 10. The normalized spacial score (nSPS) is 14.1. The number of hydrogen-bond acceptors (Lipinski definition) is 5. The van der Waals surface area contributed by atoms with Crippen molar-refractivity contribution < 1.29 is 22.7 Å². The Balaban J connectivity index is 1.62. The lowest BCUT2D eigenvalue weighted by molar-refractivity contribution is -0.122. The van der Waals surface area contributed by atoms with Crippen LogP contribution in [0, 0.1) is 5.92 Å². The quantitative estimate of drug-likeness (QED) is 0.581. The van der Waals surface area contributed by atoms with E-state index in [0.717, 1.165) is 18.2 Å². The number of carbonyl (C=O) groups excluding carboxylic acids is 1. The molecule has 8 heteroatoms. The number of anilines is 1. The van der Waals surface area contributed by atoms with Gasteiger partial charge in [-0.25, -0.2) is 8.42 Å². The van der Waals surface area contributed by atoms with Gasteiger partial charge < -0.3 is 14.8 Å². The predicted molar refractivity (Wildman–Crippen MR) is 126 cm³/mol. The maximum absolute atomic E-state index is 12.7. The fourth-order valence-electron chi connectivity index (χ4n) is 3.76. The molecular formula is C24H32N2O5S. The van der Waals surface area contributed by atoms with Crippen LogP contribution in [0.2, 0.25) is 0 Å². The van der Waals surface area contributed by atoms with Gasteiger partial charge >= 0.3 is 0 Å². The Morgan fingerprint density at radius 1 is 1.06 bits per heavy atom. The molecule has 7 nitrogen and oxygen atoms in total. The van der Waals surface area contributed by atoms with Crippen molar-refractivity contribution in [2.24, 2.45) is 5.92 Å². The highest BCUT2D eigenvalue weighted by molar-refractivity contribution is 7.92. The SMILES string of the molecule is CC(C)C[C@@H](NC(=O)CCCN(c1ccc2c(c1)OCCO2)S(C)(=O)=O)c1ccccc1. The van der Waals surface area contributed by atoms with Crippen LogP contribution in [0.15, 0.2) is 48.5 Å². The van der Waals surface area contributed by atoms with E-state index in [1.807, 2.05) is 30.3 Å². The van der Waals surface area contributed by atoms with Gasteiger partial charge in [-0.05, 0) is 36.5 Å². The third-order valence-electron chi connectivity index (χ3n) is 5.22. The van der Waals surface area contributed by atoms with Gasteiger partial charge in [0.15, 0.2) is 11.5 Å². The Morgan fingerprint density at radius 3 is 2.41 bits per heavy atom. The van der Waals surface area contributed by atoms with Gasteiger partial charge in [0, 0.05) is 19.0 Å². The third kappa shape index (κ3) is 6.63. The smallest absolute Gasteiger partial charge is 0.232 e. The van der Waals surface area contributed by atoms with Gasteiger partial charge in [0.05, 0.1) is 18.0 Å². The zero-order valence-electron chi connectivity index (χ0n) is 18.9. The summed E-state index contributed by atoms with van der Waals surface area (Å²) in [5.41, 5.74) is 1.57. The van der Waals surface area contributed by atoms with E-state index in [1.165, 1.54) is 4.31 Å². The molecule has 1 atom stereocenters. The summed E-state index contributed by atoms with van der Waals surface area (Å²) in [7, 11) is -3.52. The van der Waals surface area contributed by atoms with Crippen molar-refractivity contribution >= 4 is 21.6 Å². The largest absolute Gasteiger partial charge is 0.486 e. The number of nitrogens with zero attached hydrogens (tertiary/aromatic N) is 1. The van der Waals surface area contributed by atoms with Crippen molar-refractivity contribution in [3.8, 4) is 11.5 Å². The van der Waals surface area contributed by atoms with Crippen LogP contribution in [0.1, 0.15) is 44.7 Å². The average molecular weight is 461 g/mol. The van der Waals surface area contributed by atoms with E-state index in [0.29, 0.717) is 42.7 Å². The molecule has 32 heavy (non-hydrogen) atoms. The summed E-state index contributed by atoms with van der Waals surface area (Å²) in [5, 5.41) is 3.11. The molecule has 1 amide bonds. The fraction of sp³-hybridized carbons (Fsp3) is 0.458. The Morgan fingerprint density at radius 2 is 1.75 bits per heavy atom. The van der Waals surface area contributed by atoms with E-state index in [-0.39, 0.29) is 24.9 Å². The molecule has 2 aromatic rings. The number of hydrogen-bond donors (Lipinski definition) is 1. The molecule has 0 saturated carbocycles. The molecule has 0 saturated heterocycles. The fourth-order valence-corrected chi connectivity index (χ4v) is 4.72. The molecule has 174 valence electrons. The summed E-state index contributed by atoms with van der Waals surface area (Å²) in [6.45, 7) is 5.34. The zero-order chi connectivity index (χ0) is 23.1. The van der Waals surface area contributed by atoms with E-state index in [9.17, 15) is 13.2 Å². The van der Waals surface area contributed by atoms with Crippen LogP contribution < -0.4 is 19.1 Å². The summed E-state index contributed by atoms with van der Waals surface area (Å²) in [4.78, 5) is 12.7. The molecule has 0 spiro atoms. The van der Waals surface area contributed by atoms with Gasteiger partial charge in [0.25, 0.3) is 0 Å². The topological polar surface area (TPSA) is 84.9 Å². The number of fused-ring (bicyclic) bond motifs is 1. The van der Waals surface area contributed by atoms with Crippen LogP contribution in [0.25, 0.3) is 0 Å². The molecule has 0 unspecified atom stereocenters. The van der Waals surface area contributed by atoms with Gasteiger partial charge in [-0.3, -0.25) is 9.10 Å². The van der Waals surface area contributed by atoms with Gasteiger partial charge in [0.2, 0.25) is 15.9 Å². The maximum Gasteiger partial charge on any atom is 0.232 e. The zero-order valence-corrected chi connectivity index (χ0v) is 19.7. The summed E-state index contributed by atoms with van der Waals surface area (Å²) in [5.74, 6) is 1.47. The van der Waals surface area contributed by atoms with Crippen molar-refractivity contribution in [2.75, 3.05) is 30.3 Å². The summed E-state index contributed by atoms with van der Waals surface area (Å²) in [6.07, 6.45) is 2.63. The second-order valence-corrected chi connectivity index (χ2v) is 10.3. The molecule has 0 aliphatic carbocycles. The van der Waals surface area contributed by atoms with Crippen molar-refractivity contribution in [2.45, 2.75) is 39.2 Å². The molecule has 3 rings (SSSR count). The molecular weight excluding hydrogens is 428 g/mol. The summed E-state index contributed by atoms with van der Waals surface area (Å²) in [6, 6.07) is 14.9. The van der Waals surface area contributed by atoms with Gasteiger partial charge in [-0.1, -0.05) is 44.2 Å². The van der Waals surface area contributed by atoms with Gasteiger partial charge in [0.1, 0.15) is 13.2 Å². The van der Waals surface area contributed by atoms with Crippen LogP contribution in [-0.4, -0.2) is 40.3 Å². The number of ether oxygens (including phenoxy) is 2. The first-order valence-corrected chi connectivity index (χ1v) is 12.8. The molecule has 1 aliphatic heterocycles. The highest BCUT2D eigenvalue weighted by Crippen LogP contribution is 2.34. The standard InChI is InChI=1S/C24H32N2O5S/c1-18(2)16-21(19-8-5-4-6-9-19)25-24(27)10-7-13-26(32(3,28)29)20-11-12-22-23(17-20)31-15-14-30-22/h4-6,8-9,11-12,17-18,21H,7,10,13-16H2,1-3H3,(H,25,27)/t21-/m1/s1. The Kier molecular flexibility index (Phi) is 8.01. The number of amides is 1. The molecule has 2 aromatic carbocycles. The van der Waals surface area contributed by atoms with E-state index in [1.54, 1.807) is 18.2 Å². The number of carbonyl (C=O) groups is 1. The Hall–Kier alpha value is -2.74. The summed E-state index contributed by atoms with van der Waals surface area (Å²) < 4.78 is 37.2. The van der Waals surface area contributed by atoms with Crippen molar-refractivity contribution in [3.63, 3.8) is 0 Å². The third-order valence-corrected chi connectivity index (χ3v) is 6.42. The first-order valence-electron chi connectivity index (χ1n) is 11.0. The van der Waals surface area contributed by atoms with Crippen molar-refractivity contribution in [1.82, 2.24) is 5.32 Å². The predicted octanol–water partition coefficient (Wildman–Crippen LogP) is 3.91. The second kappa shape index (κ2) is 10.7. The monoisotopic (exact) mass is 460 g/mol. The molecule has 1 heterocycles. The van der Waals surface area contributed by atoms with Crippen LogP contribution in [-0.2, 0) is 14.8 Å². The van der Waals surface area contributed by atoms with E-state index >= 15 is 0 Å². The average Bonchev–Trinajstić information content (AvgIpc) is 2.75. The summed E-state index contributed by atoms with van der Waals surface area (Å²) >= 11 is 0. The maximum atomic E-state index is 12.7. The minimum Gasteiger partial charge on any atom is -0.486 e. The molecule has 0 radical (unpaired) electrons. The van der Waals surface area contributed by atoms with Gasteiger partial charge in [-0.2, -0.15) is 0 Å². The lowest BCUT2D eigenvalue weighted by Crippen LogP contribution is -2.33. The molecule has 0 fully saturated rings. The van der Waals surface area contributed by atoms with E-state index in [2.05, 4.69) is 19.2 Å². The minimum absolute atomic E-state index is 0.0625. The Bertz CT molecular complexity index is 1010. The molecule has 0 bridgehead atoms. The molecule has 0 aromatic heterocycles. The van der Waals surface area contributed by atoms with Gasteiger partial charge in [-0.15, -0.1) is 0 Å². The van der Waals surface area contributed by atoms with Crippen LogP contribution >= 0.6 is 0 Å². The molecule has 1 N–H and O–H groups in total. The van der Waals surface area contributed by atoms with Crippen molar-refractivity contribution in [3.05, 3.63) is 54.1 Å². The number of benzene rings is 2. The second-order valence-electron chi connectivity index (χ2n) is 8.43. The van der Waals surface area contributed by atoms with Crippen LogP contribution in [0.5, 0.6) is 11.5 Å². The number of sulfonamides is 1. The van der Waals surface area contributed by atoms with E-state index < -0.39 is 10.0 Å². The highest BCUT2D eigenvalue weighted by atomic mass is 32.2. The first kappa shape index (κ1) is 23.9. The van der Waals surface area contributed by atoms with E-state index in [4.69, 9.17) is 9.47 Å². The Labute approximate surface area is 190 Å². The van der Waals surface area contributed by atoms with Crippen LogP contribution in [0.4, 0.5) is 5.69 Å². The lowest BCUT2D eigenvalue weighted by atomic mass is 9.97. The highest BCUT2D eigenvalue weighted by Gasteiger charge is 2.22. The molecule has 1 aliphatic rings. The minimum atomic E-state index is -3.52.